The van der Waals surface area contributed by atoms with Crippen LogP contribution in [-0.2, 0) is 12.7 Å². The molecule has 0 aromatic heterocycles. The van der Waals surface area contributed by atoms with Crippen LogP contribution in [0, 0.1) is 0 Å². The predicted molar refractivity (Wildman–Crippen MR) is 78.1 cm³/mol. The molecule has 0 unspecified atom stereocenters. The van der Waals surface area contributed by atoms with E-state index in [4.69, 9.17) is 4.99 Å². The summed E-state index contributed by atoms with van der Waals surface area (Å²) in [4.78, 5) is 4.71. The summed E-state index contributed by atoms with van der Waals surface area (Å²) in [7, 11) is 2.18. The van der Waals surface area contributed by atoms with Gasteiger partial charge in [-0.3, -0.25) is 4.99 Å². The molecule has 1 heterocycles. The number of fused-ring (bicyclic) bond motifs is 1. The molecule has 1 radical (unpaired) electrons. The average Bonchev–Trinajstić information content (AvgIpc) is 2.84. The molecule has 0 amide bonds. The topological polar surface area (TPSA) is 12.4 Å². The monoisotopic (exact) mass is 232 g/mol. The highest BCUT2D eigenvalue weighted by Gasteiger charge is 2.14. The third-order valence-corrected chi connectivity index (χ3v) is 3.33. The molecule has 0 aliphatic carbocycles. The maximum atomic E-state index is 4.71. The lowest BCUT2D eigenvalue weighted by Crippen LogP contribution is -2.01. The summed E-state index contributed by atoms with van der Waals surface area (Å²) in [5.41, 5.74) is 6.24. The number of benzene rings is 2. The fourth-order valence-corrected chi connectivity index (χ4v) is 2.37. The molecule has 0 N–H and O–H groups in total. The van der Waals surface area contributed by atoms with Gasteiger partial charge in [0.25, 0.3) is 0 Å². The zero-order valence-corrected chi connectivity index (χ0v) is 10.6. The van der Waals surface area contributed by atoms with Crippen molar-refractivity contribution >= 4 is 18.7 Å². The second-order valence-corrected chi connectivity index (χ2v) is 4.67. The number of para-hydroxylation sites is 1. The van der Waals surface area contributed by atoms with Crippen molar-refractivity contribution in [3.8, 4) is 0 Å². The summed E-state index contributed by atoms with van der Waals surface area (Å²) in [6, 6.07) is 17.1. The Morgan fingerprint density at radius 1 is 1.06 bits per heavy atom. The zero-order chi connectivity index (χ0) is 12.4. The maximum absolute atomic E-state index is 4.71. The van der Waals surface area contributed by atoms with Crippen LogP contribution in [0.25, 0.3) is 0 Å². The van der Waals surface area contributed by atoms with E-state index in [1.165, 1.54) is 22.4 Å². The molecular formula is C16H15BN. The largest absolute Gasteiger partial charge is 0.252 e. The second-order valence-electron chi connectivity index (χ2n) is 4.67. The highest BCUT2D eigenvalue weighted by Crippen LogP contribution is 2.28. The number of hydrogen-bond acceptors (Lipinski definition) is 1. The molecular weight excluding hydrogens is 217 g/mol. The molecule has 0 fully saturated rings. The van der Waals surface area contributed by atoms with Crippen LogP contribution in [-0.4, -0.2) is 13.0 Å². The lowest BCUT2D eigenvalue weighted by Gasteiger charge is -2.02. The Hall–Kier alpha value is -1.83. The number of hydrogen-bond donors (Lipinski definition) is 0. The molecule has 2 aromatic rings. The minimum atomic E-state index is 0.954. The van der Waals surface area contributed by atoms with Gasteiger partial charge in [0.15, 0.2) is 0 Å². The second kappa shape index (κ2) is 4.81. The fraction of sp³-hybridized carbons (Fsp3) is 0.188. The van der Waals surface area contributed by atoms with Gasteiger partial charge < -0.3 is 0 Å². The van der Waals surface area contributed by atoms with E-state index in [0.29, 0.717) is 0 Å². The van der Waals surface area contributed by atoms with E-state index < -0.39 is 0 Å². The van der Waals surface area contributed by atoms with Crippen LogP contribution in [0.15, 0.2) is 53.5 Å². The van der Waals surface area contributed by atoms with E-state index in [1.807, 2.05) is 6.07 Å². The molecule has 2 aromatic carbocycles. The molecule has 0 bridgehead atoms. The molecule has 0 saturated heterocycles. The molecule has 18 heavy (non-hydrogen) atoms. The van der Waals surface area contributed by atoms with Gasteiger partial charge in [-0.05, 0) is 17.2 Å². The van der Waals surface area contributed by atoms with Gasteiger partial charge in [0.05, 0.1) is 11.4 Å². The van der Waals surface area contributed by atoms with Gasteiger partial charge in [-0.1, -0.05) is 61.2 Å². The van der Waals surface area contributed by atoms with Crippen LogP contribution in [0.1, 0.15) is 16.7 Å². The highest BCUT2D eigenvalue weighted by molar-refractivity contribution is 6.32. The Morgan fingerprint density at radius 2 is 1.83 bits per heavy atom. The van der Waals surface area contributed by atoms with Crippen molar-refractivity contribution in [3.05, 3.63) is 65.2 Å². The first-order valence-electron chi connectivity index (χ1n) is 6.39. The van der Waals surface area contributed by atoms with Gasteiger partial charge in [-0.15, -0.1) is 0 Å². The summed E-state index contributed by atoms with van der Waals surface area (Å²) in [6.07, 6.45) is 1.99. The highest BCUT2D eigenvalue weighted by atomic mass is 14.8. The first kappa shape index (κ1) is 11.3. The molecule has 0 spiro atoms. The first-order valence-corrected chi connectivity index (χ1v) is 6.39. The van der Waals surface area contributed by atoms with Gasteiger partial charge in [-0.2, -0.15) is 0 Å². The van der Waals surface area contributed by atoms with E-state index in [2.05, 4.69) is 56.6 Å². The number of aliphatic imine (C=N–C) groups is 1. The van der Waals surface area contributed by atoms with Crippen molar-refractivity contribution in [2.45, 2.75) is 19.6 Å². The van der Waals surface area contributed by atoms with Gasteiger partial charge in [0.2, 0.25) is 0 Å². The minimum Gasteiger partial charge on any atom is -0.252 e. The van der Waals surface area contributed by atoms with E-state index in [-0.39, 0.29) is 0 Å². The van der Waals surface area contributed by atoms with Crippen LogP contribution in [0.3, 0.4) is 0 Å². The smallest absolute Gasteiger partial charge is 0.111 e. The number of rotatable bonds is 3. The normalized spacial score (nSPS) is 13.1. The van der Waals surface area contributed by atoms with Gasteiger partial charge in [-0.25, -0.2) is 0 Å². The molecule has 0 saturated carbocycles. The van der Waals surface area contributed by atoms with Crippen molar-refractivity contribution in [3.63, 3.8) is 0 Å². The lowest BCUT2D eigenvalue weighted by atomic mass is 9.75. The average molecular weight is 232 g/mol. The van der Waals surface area contributed by atoms with Crippen molar-refractivity contribution in [2.24, 2.45) is 4.99 Å². The SMILES string of the molecule is C[B]Cc1ccc(C2=Nc3ccccc3C2)cc1. The third-order valence-electron chi connectivity index (χ3n) is 3.33. The van der Waals surface area contributed by atoms with Crippen LogP contribution in [0.2, 0.25) is 6.82 Å². The first-order chi connectivity index (χ1) is 8.86. The van der Waals surface area contributed by atoms with Crippen molar-refractivity contribution in [1.29, 1.82) is 0 Å². The molecule has 87 valence electrons. The van der Waals surface area contributed by atoms with Gasteiger partial charge in [0.1, 0.15) is 7.28 Å². The third kappa shape index (κ3) is 2.11. The summed E-state index contributed by atoms with van der Waals surface area (Å²) in [5.74, 6) is 0. The summed E-state index contributed by atoms with van der Waals surface area (Å²) in [6.45, 7) is 2.09. The van der Waals surface area contributed by atoms with E-state index in [0.717, 1.165) is 18.4 Å². The Balaban J connectivity index is 1.85. The van der Waals surface area contributed by atoms with Gasteiger partial charge in [0, 0.05) is 6.42 Å². The minimum absolute atomic E-state index is 0.954. The summed E-state index contributed by atoms with van der Waals surface area (Å²) in [5, 5.41) is 0. The van der Waals surface area contributed by atoms with E-state index in [9.17, 15) is 0 Å². The maximum Gasteiger partial charge on any atom is 0.111 e. The quantitative estimate of drug-likeness (QED) is 0.716. The van der Waals surface area contributed by atoms with Crippen LogP contribution < -0.4 is 0 Å². The molecule has 1 nitrogen and oxygen atoms in total. The van der Waals surface area contributed by atoms with Crippen molar-refractivity contribution in [1.82, 2.24) is 0 Å². The Labute approximate surface area is 109 Å². The van der Waals surface area contributed by atoms with Crippen molar-refractivity contribution in [2.75, 3.05) is 0 Å². The van der Waals surface area contributed by atoms with E-state index in [1.54, 1.807) is 0 Å². The van der Waals surface area contributed by atoms with Crippen LogP contribution in [0.5, 0.6) is 0 Å². The zero-order valence-electron chi connectivity index (χ0n) is 10.6. The Morgan fingerprint density at radius 3 is 2.56 bits per heavy atom. The van der Waals surface area contributed by atoms with Gasteiger partial charge >= 0.3 is 0 Å². The van der Waals surface area contributed by atoms with Crippen LogP contribution in [0.4, 0.5) is 5.69 Å². The standard InChI is InChI=1S/C16H15BN/c1-17-11-12-6-8-13(9-7-12)16-10-14-4-2-3-5-15(14)18-16/h2-9H,10-11H2,1H3. The fourth-order valence-electron chi connectivity index (χ4n) is 2.37. The van der Waals surface area contributed by atoms with Crippen molar-refractivity contribution < 1.29 is 0 Å². The molecule has 2 heteroatoms. The molecule has 0 atom stereocenters. The molecule has 1 aliphatic heterocycles. The lowest BCUT2D eigenvalue weighted by molar-refractivity contribution is 1.36. The van der Waals surface area contributed by atoms with Crippen LogP contribution >= 0.6 is 0 Å². The molecule has 1 aliphatic rings. The molecule has 3 rings (SSSR count). The predicted octanol–water partition coefficient (Wildman–Crippen LogP) is 3.62. The van der Waals surface area contributed by atoms with E-state index >= 15 is 0 Å². The summed E-state index contributed by atoms with van der Waals surface area (Å²) < 4.78 is 0. The number of nitrogens with zero attached hydrogens (tertiary/aromatic N) is 1. The Bertz CT molecular complexity index is 584. The Kier molecular flexibility index (Phi) is 3.01. The summed E-state index contributed by atoms with van der Waals surface area (Å²) >= 11 is 0.